The fourth-order valence-electron chi connectivity index (χ4n) is 1.71. The van der Waals surface area contributed by atoms with Gasteiger partial charge in [0.1, 0.15) is 0 Å². The Morgan fingerprint density at radius 2 is 2.00 bits per heavy atom. The van der Waals surface area contributed by atoms with Crippen LogP contribution in [0, 0.1) is 0 Å². The Morgan fingerprint density at radius 3 is 2.57 bits per heavy atom. The second-order valence-electron chi connectivity index (χ2n) is 4.94. The summed E-state index contributed by atoms with van der Waals surface area (Å²) in [5.41, 5.74) is 0.158. The molecule has 0 saturated heterocycles. The van der Waals surface area contributed by atoms with Crippen LogP contribution in [0.15, 0.2) is 24.3 Å². The fraction of sp³-hybridized carbons (Fsp3) is 0.500. The minimum Gasteiger partial charge on any atom is -0.393 e. The van der Waals surface area contributed by atoms with Gasteiger partial charge < -0.3 is 15.3 Å². The highest BCUT2D eigenvalue weighted by molar-refractivity contribution is 5.90. The molecule has 1 rings (SSSR count). The number of benzene rings is 1. The second kappa shape index (κ2) is 7.31. The number of nitrogens with one attached hydrogen (secondary N) is 1. The number of para-hydroxylation sites is 1. The zero-order valence-corrected chi connectivity index (χ0v) is 11.9. The number of nitrogens with zero attached hydrogens (tertiary/aromatic N) is 1. The maximum Gasteiger partial charge on any atom is 0.393 e. The van der Waals surface area contributed by atoms with Crippen molar-refractivity contribution in [2.45, 2.75) is 32.0 Å². The number of halogens is 3. The normalized spacial score (nSPS) is 12.9. The zero-order valence-electron chi connectivity index (χ0n) is 11.9. The van der Waals surface area contributed by atoms with Crippen LogP contribution in [0.2, 0.25) is 0 Å². The SMILES string of the molecule is CC(O)CCN(C)C(=O)Nc1ccccc1CC(F)(F)F. The largest absolute Gasteiger partial charge is 0.393 e. The number of anilines is 1. The number of amides is 2. The molecule has 0 aliphatic carbocycles. The third kappa shape index (κ3) is 6.48. The van der Waals surface area contributed by atoms with Gasteiger partial charge in [0.25, 0.3) is 0 Å². The van der Waals surface area contributed by atoms with Gasteiger partial charge in [0.05, 0.1) is 12.5 Å². The van der Waals surface area contributed by atoms with Crippen LogP contribution in [0.4, 0.5) is 23.7 Å². The summed E-state index contributed by atoms with van der Waals surface area (Å²) in [7, 11) is 1.52. The molecule has 1 unspecified atom stereocenters. The summed E-state index contributed by atoms with van der Waals surface area (Å²) in [6, 6.07) is 5.31. The number of alkyl halides is 3. The topological polar surface area (TPSA) is 52.6 Å². The predicted octanol–water partition coefficient (Wildman–Crippen LogP) is 3.03. The van der Waals surface area contributed by atoms with Gasteiger partial charge in [0, 0.05) is 19.3 Å². The molecule has 0 radical (unpaired) electrons. The molecule has 0 saturated carbocycles. The number of carbonyl (C=O) groups excluding carboxylic acids is 1. The summed E-state index contributed by atoms with van der Waals surface area (Å²) in [6.45, 7) is 1.91. The van der Waals surface area contributed by atoms with Gasteiger partial charge >= 0.3 is 12.2 Å². The number of hydrogen-bond acceptors (Lipinski definition) is 2. The number of rotatable bonds is 5. The first-order valence-electron chi connectivity index (χ1n) is 6.54. The van der Waals surface area contributed by atoms with E-state index in [4.69, 9.17) is 5.11 Å². The molecule has 0 fully saturated rings. The van der Waals surface area contributed by atoms with Crippen molar-refractivity contribution in [2.75, 3.05) is 18.9 Å². The standard InChI is InChI=1S/C14H19F3N2O2/c1-10(20)7-8-19(2)13(21)18-12-6-4-3-5-11(12)9-14(15,16)17/h3-6,10,20H,7-9H2,1-2H3,(H,18,21). The van der Waals surface area contributed by atoms with Gasteiger partial charge in [-0.3, -0.25) is 0 Å². The van der Waals surface area contributed by atoms with Gasteiger partial charge in [-0.2, -0.15) is 13.2 Å². The van der Waals surface area contributed by atoms with Crippen molar-refractivity contribution in [3.05, 3.63) is 29.8 Å². The summed E-state index contributed by atoms with van der Waals surface area (Å²) >= 11 is 0. The van der Waals surface area contributed by atoms with E-state index in [0.717, 1.165) is 0 Å². The summed E-state index contributed by atoms with van der Waals surface area (Å²) in [6.07, 6.45) is -5.58. The van der Waals surface area contributed by atoms with Gasteiger partial charge in [-0.05, 0) is 25.0 Å². The first kappa shape index (κ1) is 17.3. The molecule has 0 bridgehead atoms. The molecule has 0 heterocycles. The minimum atomic E-state index is -4.33. The van der Waals surface area contributed by atoms with Gasteiger partial charge in [0.15, 0.2) is 0 Å². The molecule has 0 spiro atoms. The quantitative estimate of drug-likeness (QED) is 0.878. The number of carbonyl (C=O) groups is 1. The summed E-state index contributed by atoms with van der Waals surface area (Å²) in [4.78, 5) is 13.2. The number of hydrogen-bond donors (Lipinski definition) is 2. The Bertz CT molecular complexity index is 476. The van der Waals surface area contributed by atoms with Crippen LogP contribution in [0.5, 0.6) is 0 Å². The van der Waals surface area contributed by atoms with E-state index >= 15 is 0 Å². The molecule has 0 aliphatic heterocycles. The number of urea groups is 1. The highest BCUT2D eigenvalue weighted by Crippen LogP contribution is 2.26. The third-order valence-corrected chi connectivity index (χ3v) is 2.88. The van der Waals surface area contributed by atoms with Crippen molar-refractivity contribution >= 4 is 11.7 Å². The van der Waals surface area contributed by atoms with Crippen LogP contribution in [0.3, 0.4) is 0 Å². The van der Waals surface area contributed by atoms with E-state index in [1.807, 2.05) is 0 Å². The van der Waals surface area contributed by atoms with Crippen LogP contribution >= 0.6 is 0 Å². The highest BCUT2D eigenvalue weighted by Gasteiger charge is 2.29. The lowest BCUT2D eigenvalue weighted by atomic mass is 10.1. The molecule has 2 N–H and O–H groups in total. The molecule has 1 aromatic rings. The monoisotopic (exact) mass is 304 g/mol. The predicted molar refractivity (Wildman–Crippen MR) is 74.1 cm³/mol. The van der Waals surface area contributed by atoms with E-state index in [0.29, 0.717) is 13.0 Å². The van der Waals surface area contributed by atoms with Crippen molar-refractivity contribution in [2.24, 2.45) is 0 Å². The molecule has 2 amide bonds. The minimum absolute atomic E-state index is 0.0160. The maximum atomic E-state index is 12.5. The van der Waals surface area contributed by atoms with Crippen LogP contribution < -0.4 is 5.32 Å². The average molecular weight is 304 g/mol. The first-order valence-corrected chi connectivity index (χ1v) is 6.54. The fourth-order valence-corrected chi connectivity index (χ4v) is 1.71. The van der Waals surface area contributed by atoms with E-state index < -0.39 is 24.7 Å². The van der Waals surface area contributed by atoms with E-state index in [1.165, 1.54) is 30.1 Å². The Kier molecular flexibility index (Phi) is 6.02. The van der Waals surface area contributed by atoms with Crippen LogP contribution in [-0.4, -0.2) is 41.9 Å². The molecule has 4 nitrogen and oxygen atoms in total. The Hall–Kier alpha value is -1.76. The Balaban J connectivity index is 2.72. The van der Waals surface area contributed by atoms with Crippen LogP contribution in [0.1, 0.15) is 18.9 Å². The second-order valence-corrected chi connectivity index (χ2v) is 4.94. The lowest BCUT2D eigenvalue weighted by Crippen LogP contribution is -2.33. The molecule has 1 aromatic carbocycles. The van der Waals surface area contributed by atoms with Gasteiger partial charge in [0.2, 0.25) is 0 Å². The third-order valence-electron chi connectivity index (χ3n) is 2.88. The molecule has 0 aromatic heterocycles. The molecule has 7 heteroatoms. The Morgan fingerprint density at radius 1 is 1.38 bits per heavy atom. The lowest BCUT2D eigenvalue weighted by Gasteiger charge is -2.20. The van der Waals surface area contributed by atoms with Crippen molar-refractivity contribution in [1.29, 1.82) is 0 Å². The molecule has 1 atom stereocenters. The molecule has 21 heavy (non-hydrogen) atoms. The molecule has 118 valence electrons. The maximum absolute atomic E-state index is 12.5. The Labute approximate surface area is 121 Å². The highest BCUT2D eigenvalue weighted by atomic mass is 19.4. The van der Waals surface area contributed by atoms with E-state index in [-0.39, 0.29) is 11.3 Å². The van der Waals surface area contributed by atoms with Gasteiger partial charge in [-0.1, -0.05) is 18.2 Å². The summed E-state index contributed by atoms with van der Waals surface area (Å²) in [5.74, 6) is 0. The number of aliphatic hydroxyl groups is 1. The van der Waals surface area contributed by atoms with Crippen LogP contribution in [-0.2, 0) is 6.42 Å². The number of aliphatic hydroxyl groups excluding tert-OH is 1. The summed E-state index contributed by atoms with van der Waals surface area (Å²) < 4.78 is 37.4. The van der Waals surface area contributed by atoms with Crippen molar-refractivity contribution in [1.82, 2.24) is 4.90 Å². The summed E-state index contributed by atoms with van der Waals surface area (Å²) in [5, 5.41) is 11.6. The average Bonchev–Trinajstić information content (AvgIpc) is 2.36. The van der Waals surface area contributed by atoms with Crippen LogP contribution in [0.25, 0.3) is 0 Å². The molecular weight excluding hydrogens is 285 g/mol. The smallest absolute Gasteiger partial charge is 0.393 e. The molecule has 0 aliphatic rings. The van der Waals surface area contributed by atoms with E-state index in [9.17, 15) is 18.0 Å². The van der Waals surface area contributed by atoms with E-state index in [2.05, 4.69) is 5.32 Å². The first-order chi connectivity index (χ1) is 9.69. The van der Waals surface area contributed by atoms with Gasteiger partial charge in [-0.25, -0.2) is 4.79 Å². The van der Waals surface area contributed by atoms with Crippen molar-refractivity contribution in [3.63, 3.8) is 0 Å². The molecular formula is C14H19F3N2O2. The van der Waals surface area contributed by atoms with Crippen molar-refractivity contribution < 1.29 is 23.1 Å². The lowest BCUT2D eigenvalue weighted by molar-refractivity contribution is -0.127. The zero-order chi connectivity index (χ0) is 16.0. The van der Waals surface area contributed by atoms with Gasteiger partial charge in [-0.15, -0.1) is 0 Å². The van der Waals surface area contributed by atoms with E-state index in [1.54, 1.807) is 13.0 Å². The van der Waals surface area contributed by atoms with Crippen molar-refractivity contribution in [3.8, 4) is 0 Å².